The van der Waals surface area contributed by atoms with Crippen LogP contribution in [0.5, 0.6) is 11.5 Å². The third-order valence-corrected chi connectivity index (χ3v) is 3.42. The minimum Gasteiger partial charge on any atom is -0.493 e. The third-order valence-electron chi connectivity index (χ3n) is 3.42. The number of hydrogen-bond donors (Lipinski definition) is 1. The van der Waals surface area contributed by atoms with Crippen molar-refractivity contribution in [3.05, 3.63) is 67.8 Å². The molecular weight excluding hydrogens is 360 g/mol. The number of rotatable bonds is 7. The van der Waals surface area contributed by atoms with Crippen molar-refractivity contribution in [2.45, 2.75) is 0 Å². The molecule has 0 spiro atoms. The molecule has 0 heterocycles. The Bertz CT molecular complexity index is 927. The molecule has 140 valence electrons. The van der Waals surface area contributed by atoms with Gasteiger partial charge in [-0.3, -0.25) is 25.0 Å². The average molecular weight is 374 g/mol. The number of nitrogens with one attached hydrogen (secondary N) is 1. The lowest BCUT2D eigenvalue weighted by molar-refractivity contribution is -0.385. The standard InChI is InChI=1S/C16H14N4O7/c1-26-14-7-11(13(20(24)25)8-15(14)27-2)9-17-18-16(21)10-4-3-5-12(6-10)19(22)23/h3-9H,1-2H3,(H,18,21). The Morgan fingerprint density at radius 1 is 1.07 bits per heavy atom. The molecule has 0 radical (unpaired) electrons. The molecule has 0 aliphatic carbocycles. The number of ether oxygens (including phenoxy) is 2. The number of amides is 1. The molecule has 27 heavy (non-hydrogen) atoms. The van der Waals surface area contributed by atoms with Crippen LogP contribution >= 0.6 is 0 Å². The van der Waals surface area contributed by atoms with E-state index in [2.05, 4.69) is 10.5 Å². The van der Waals surface area contributed by atoms with Gasteiger partial charge in [-0.15, -0.1) is 0 Å². The minimum atomic E-state index is -0.710. The molecule has 0 aliphatic rings. The lowest BCUT2D eigenvalue weighted by Gasteiger charge is -2.08. The normalized spacial score (nSPS) is 10.4. The van der Waals surface area contributed by atoms with Crippen LogP contribution in [0.1, 0.15) is 15.9 Å². The van der Waals surface area contributed by atoms with Crippen molar-refractivity contribution in [2.24, 2.45) is 5.10 Å². The van der Waals surface area contributed by atoms with Gasteiger partial charge in [0, 0.05) is 17.7 Å². The van der Waals surface area contributed by atoms with E-state index in [-0.39, 0.29) is 34.0 Å². The van der Waals surface area contributed by atoms with Crippen molar-refractivity contribution >= 4 is 23.5 Å². The van der Waals surface area contributed by atoms with Crippen molar-refractivity contribution < 1.29 is 24.1 Å². The van der Waals surface area contributed by atoms with Crippen molar-refractivity contribution in [3.63, 3.8) is 0 Å². The van der Waals surface area contributed by atoms with Crippen LogP contribution in [0, 0.1) is 20.2 Å². The van der Waals surface area contributed by atoms with Crippen LogP contribution in [0.15, 0.2) is 41.5 Å². The summed E-state index contributed by atoms with van der Waals surface area (Å²) >= 11 is 0. The van der Waals surface area contributed by atoms with Gasteiger partial charge in [0.1, 0.15) is 0 Å². The predicted molar refractivity (Wildman–Crippen MR) is 94.4 cm³/mol. The minimum absolute atomic E-state index is 0.0168. The molecule has 0 aromatic heterocycles. The van der Waals surface area contributed by atoms with E-state index in [1.165, 1.54) is 44.6 Å². The van der Waals surface area contributed by atoms with Crippen molar-refractivity contribution in [1.82, 2.24) is 5.43 Å². The van der Waals surface area contributed by atoms with E-state index >= 15 is 0 Å². The van der Waals surface area contributed by atoms with Gasteiger partial charge in [0.2, 0.25) is 0 Å². The second kappa shape index (κ2) is 8.38. The summed E-state index contributed by atoms with van der Waals surface area (Å²) in [5, 5.41) is 25.6. The summed E-state index contributed by atoms with van der Waals surface area (Å²) in [6, 6.07) is 7.56. The van der Waals surface area contributed by atoms with Crippen LogP contribution in [0.2, 0.25) is 0 Å². The molecule has 0 saturated heterocycles. The van der Waals surface area contributed by atoms with E-state index < -0.39 is 15.8 Å². The molecule has 1 amide bonds. The molecule has 11 heteroatoms. The molecule has 0 aliphatic heterocycles. The molecule has 0 unspecified atom stereocenters. The number of nitrogens with zero attached hydrogens (tertiary/aromatic N) is 3. The zero-order valence-electron chi connectivity index (χ0n) is 14.2. The first-order chi connectivity index (χ1) is 12.9. The quantitative estimate of drug-likeness (QED) is 0.444. The SMILES string of the molecule is COc1cc(C=NNC(=O)c2cccc([N+](=O)[O-])c2)c([N+](=O)[O-])cc1OC. The summed E-state index contributed by atoms with van der Waals surface area (Å²) in [5.74, 6) is -0.297. The number of non-ortho nitro benzene ring substituents is 1. The first-order valence-corrected chi connectivity index (χ1v) is 7.35. The molecule has 2 aromatic rings. The van der Waals surface area contributed by atoms with E-state index in [1.807, 2.05) is 0 Å². The number of methoxy groups -OCH3 is 2. The number of nitro benzene ring substituents is 2. The molecule has 0 atom stereocenters. The number of hydrogen-bond acceptors (Lipinski definition) is 8. The van der Waals surface area contributed by atoms with Gasteiger partial charge in [-0.1, -0.05) is 6.07 Å². The van der Waals surface area contributed by atoms with Gasteiger partial charge in [-0.05, 0) is 12.1 Å². The van der Waals surface area contributed by atoms with Crippen LogP contribution in [-0.2, 0) is 0 Å². The number of nitro groups is 2. The van der Waals surface area contributed by atoms with E-state index in [9.17, 15) is 25.0 Å². The Kier molecular flexibility index (Phi) is 5.99. The summed E-state index contributed by atoms with van der Waals surface area (Å²) in [4.78, 5) is 32.7. The molecule has 11 nitrogen and oxygen atoms in total. The highest BCUT2D eigenvalue weighted by Crippen LogP contribution is 2.33. The average Bonchev–Trinajstić information content (AvgIpc) is 2.67. The third kappa shape index (κ3) is 4.54. The van der Waals surface area contributed by atoms with Crippen LogP contribution in [-0.4, -0.2) is 36.2 Å². The number of hydrazone groups is 1. The first-order valence-electron chi connectivity index (χ1n) is 7.35. The monoisotopic (exact) mass is 374 g/mol. The second-order valence-corrected chi connectivity index (χ2v) is 5.03. The number of carbonyl (C=O) groups is 1. The van der Waals surface area contributed by atoms with Gasteiger partial charge in [-0.25, -0.2) is 5.43 Å². The molecule has 2 aromatic carbocycles. The maximum Gasteiger partial charge on any atom is 0.282 e. The molecule has 1 N–H and O–H groups in total. The predicted octanol–water partition coefficient (Wildman–Crippen LogP) is 2.28. The Balaban J connectivity index is 2.25. The van der Waals surface area contributed by atoms with E-state index in [0.717, 1.165) is 12.3 Å². The molecular formula is C16H14N4O7. The highest BCUT2D eigenvalue weighted by atomic mass is 16.6. The van der Waals surface area contributed by atoms with Crippen molar-refractivity contribution in [2.75, 3.05) is 14.2 Å². The van der Waals surface area contributed by atoms with Crippen molar-refractivity contribution in [3.8, 4) is 11.5 Å². The molecule has 0 bridgehead atoms. The van der Waals surface area contributed by atoms with E-state index in [4.69, 9.17) is 9.47 Å². The highest BCUT2D eigenvalue weighted by molar-refractivity contribution is 5.96. The lowest BCUT2D eigenvalue weighted by atomic mass is 10.1. The lowest BCUT2D eigenvalue weighted by Crippen LogP contribution is -2.17. The Hall–Kier alpha value is -4.02. The van der Waals surface area contributed by atoms with Crippen LogP contribution in [0.3, 0.4) is 0 Å². The van der Waals surface area contributed by atoms with Crippen LogP contribution in [0.4, 0.5) is 11.4 Å². The van der Waals surface area contributed by atoms with Crippen LogP contribution in [0.25, 0.3) is 0 Å². The molecule has 2 rings (SSSR count). The van der Waals surface area contributed by atoms with E-state index in [0.29, 0.717) is 0 Å². The molecule has 0 saturated carbocycles. The summed E-state index contributed by atoms with van der Waals surface area (Å²) in [7, 11) is 2.71. The van der Waals surface area contributed by atoms with Gasteiger partial charge >= 0.3 is 0 Å². The zero-order chi connectivity index (χ0) is 20.0. The van der Waals surface area contributed by atoms with Gasteiger partial charge in [-0.2, -0.15) is 5.10 Å². The fourth-order valence-corrected chi connectivity index (χ4v) is 2.13. The topological polar surface area (TPSA) is 146 Å². The van der Waals surface area contributed by atoms with Gasteiger partial charge in [0.15, 0.2) is 11.5 Å². The van der Waals surface area contributed by atoms with Crippen LogP contribution < -0.4 is 14.9 Å². The smallest absolute Gasteiger partial charge is 0.282 e. The Labute approximate surface area is 152 Å². The summed E-state index contributed by atoms with van der Waals surface area (Å²) in [5.41, 5.74) is 1.69. The van der Waals surface area contributed by atoms with Gasteiger partial charge in [0.25, 0.3) is 17.3 Å². The summed E-state index contributed by atoms with van der Waals surface area (Å²) in [6.07, 6.45) is 1.06. The summed E-state index contributed by atoms with van der Waals surface area (Å²) in [6.45, 7) is 0. The van der Waals surface area contributed by atoms with Gasteiger partial charge < -0.3 is 9.47 Å². The van der Waals surface area contributed by atoms with Crippen molar-refractivity contribution in [1.29, 1.82) is 0 Å². The first kappa shape index (κ1) is 19.3. The fourth-order valence-electron chi connectivity index (χ4n) is 2.13. The summed E-state index contributed by atoms with van der Waals surface area (Å²) < 4.78 is 10.1. The second-order valence-electron chi connectivity index (χ2n) is 5.03. The zero-order valence-corrected chi connectivity index (χ0v) is 14.2. The fraction of sp³-hybridized carbons (Fsp3) is 0.125. The largest absolute Gasteiger partial charge is 0.493 e. The maximum absolute atomic E-state index is 12.0. The van der Waals surface area contributed by atoms with E-state index in [1.54, 1.807) is 0 Å². The highest BCUT2D eigenvalue weighted by Gasteiger charge is 2.18. The Morgan fingerprint density at radius 2 is 1.74 bits per heavy atom. The van der Waals surface area contributed by atoms with Gasteiger partial charge in [0.05, 0.1) is 41.9 Å². The Morgan fingerprint density at radius 3 is 2.33 bits per heavy atom. The number of carbonyl (C=O) groups excluding carboxylic acids is 1. The molecule has 0 fully saturated rings. The number of benzene rings is 2. The maximum atomic E-state index is 12.0.